The molecule has 2 heterocycles. The highest BCUT2D eigenvalue weighted by Crippen LogP contribution is 2.24. The van der Waals surface area contributed by atoms with Gasteiger partial charge in [-0.3, -0.25) is 4.79 Å². The molecule has 0 saturated carbocycles. The number of carbonyl (C=O) groups is 1. The number of hydrogen-bond acceptors (Lipinski definition) is 4. The molecule has 1 atom stereocenters. The third-order valence-corrected chi connectivity index (χ3v) is 3.96. The van der Waals surface area contributed by atoms with Crippen molar-refractivity contribution in [1.29, 1.82) is 5.26 Å². The number of aryl methyl sites for hydroxylation is 2. The van der Waals surface area contributed by atoms with Gasteiger partial charge in [0.15, 0.2) is 5.92 Å². The van der Waals surface area contributed by atoms with Crippen LogP contribution in [0.2, 0.25) is 5.02 Å². The molecule has 1 aromatic carbocycles. The van der Waals surface area contributed by atoms with Crippen LogP contribution in [-0.4, -0.2) is 25.3 Å². The van der Waals surface area contributed by atoms with Crippen molar-refractivity contribution in [2.75, 3.05) is 0 Å². The molecule has 3 rings (SSSR count). The van der Waals surface area contributed by atoms with E-state index in [1.54, 1.807) is 43.1 Å². The molecule has 0 aliphatic rings. The van der Waals surface area contributed by atoms with Crippen LogP contribution in [0.1, 0.15) is 27.9 Å². The molecule has 120 valence electrons. The number of ketones is 1. The fourth-order valence-electron chi connectivity index (χ4n) is 2.50. The van der Waals surface area contributed by atoms with Crippen LogP contribution in [-0.2, 0) is 7.05 Å². The minimum absolute atomic E-state index is 0.236. The molecule has 2 aromatic heterocycles. The van der Waals surface area contributed by atoms with E-state index in [1.807, 2.05) is 18.2 Å². The topological polar surface area (TPSA) is 87.4 Å². The van der Waals surface area contributed by atoms with Crippen LogP contribution in [0, 0.1) is 18.3 Å². The zero-order valence-electron chi connectivity index (χ0n) is 13.1. The predicted molar refractivity (Wildman–Crippen MR) is 89.7 cm³/mol. The zero-order chi connectivity index (χ0) is 17.3. The summed E-state index contributed by atoms with van der Waals surface area (Å²) in [7, 11) is 1.74. The summed E-state index contributed by atoms with van der Waals surface area (Å²) in [6.07, 6.45) is 3.25. The van der Waals surface area contributed by atoms with Crippen LogP contribution < -0.4 is 0 Å². The molecule has 0 radical (unpaired) electrons. The summed E-state index contributed by atoms with van der Waals surface area (Å²) in [6.45, 7) is 1.75. The van der Waals surface area contributed by atoms with Gasteiger partial charge in [-0.2, -0.15) is 5.26 Å². The molecular formula is C17H14ClN5O. The number of nitrogens with one attached hydrogen (secondary N) is 1. The number of H-pyrrole nitrogens is 1. The summed E-state index contributed by atoms with van der Waals surface area (Å²) < 4.78 is 1.66. The average Bonchev–Trinajstić information content (AvgIpc) is 3.14. The number of Topliss-reactive ketones (excluding diaryl/α,β-unsaturated/α-hetero) is 1. The van der Waals surface area contributed by atoms with Gasteiger partial charge in [0.05, 0.1) is 6.07 Å². The smallest absolute Gasteiger partial charge is 0.207 e. The van der Waals surface area contributed by atoms with E-state index in [9.17, 15) is 10.1 Å². The first-order valence-corrected chi connectivity index (χ1v) is 7.62. The first-order valence-electron chi connectivity index (χ1n) is 7.25. The second-order valence-electron chi connectivity index (χ2n) is 5.39. The van der Waals surface area contributed by atoms with E-state index < -0.39 is 5.92 Å². The lowest BCUT2D eigenvalue weighted by atomic mass is 10.0. The molecule has 24 heavy (non-hydrogen) atoms. The Bertz CT molecular complexity index is 950. The first-order chi connectivity index (χ1) is 11.5. The summed E-state index contributed by atoms with van der Waals surface area (Å²) in [6, 6.07) is 9.20. The molecule has 3 aromatic rings. The van der Waals surface area contributed by atoms with E-state index in [0.717, 1.165) is 5.56 Å². The van der Waals surface area contributed by atoms with E-state index in [0.29, 0.717) is 22.4 Å². The lowest BCUT2D eigenvalue weighted by Crippen LogP contribution is -2.16. The largest absolute Gasteiger partial charge is 0.341 e. The average molecular weight is 340 g/mol. The maximum Gasteiger partial charge on any atom is 0.207 e. The van der Waals surface area contributed by atoms with Gasteiger partial charge in [0.1, 0.15) is 17.3 Å². The molecule has 1 N–H and O–H groups in total. The van der Waals surface area contributed by atoms with Gasteiger partial charge in [0, 0.05) is 35.7 Å². The minimum Gasteiger partial charge on any atom is -0.341 e. The molecule has 0 saturated heterocycles. The van der Waals surface area contributed by atoms with Gasteiger partial charge in [-0.25, -0.2) is 9.97 Å². The van der Waals surface area contributed by atoms with Crippen LogP contribution in [0.3, 0.4) is 0 Å². The Morgan fingerprint density at radius 2 is 2.25 bits per heavy atom. The number of aromatic nitrogens is 4. The number of halogens is 1. The van der Waals surface area contributed by atoms with Crippen LogP contribution in [0.25, 0.3) is 11.4 Å². The standard InChI is InChI=1S/C17H14ClN5O/c1-10-14(15(24)13(9-19)17-20-6-7-23(17)2)22-16(21-10)11-4-3-5-12(18)8-11/h3-8,13H,1-2H3,(H,21,22). The van der Waals surface area contributed by atoms with E-state index in [1.165, 1.54) is 0 Å². The number of imidazole rings is 2. The quantitative estimate of drug-likeness (QED) is 0.739. The van der Waals surface area contributed by atoms with E-state index in [-0.39, 0.29) is 11.5 Å². The second-order valence-corrected chi connectivity index (χ2v) is 5.83. The van der Waals surface area contributed by atoms with Crippen molar-refractivity contribution < 1.29 is 4.79 Å². The molecule has 0 fully saturated rings. The second kappa shape index (κ2) is 6.30. The van der Waals surface area contributed by atoms with Crippen molar-refractivity contribution >= 4 is 17.4 Å². The molecule has 0 aliphatic carbocycles. The third kappa shape index (κ3) is 2.82. The Morgan fingerprint density at radius 3 is 2.88 bits per heavy atom. The number of hydrogen-bond donors (Lipinski definition) is 1. The molecule has 0 amide bonds. The monoisotopic (exact) mass is 339 g/mol. The van der Waals surface area contributed by atoms with E-state index >= 15 is 0 Å². The molecule has 1 unspecified atom stereocenters. The zero-order valence-corrected chi connectivity index (χ0v) is 13.9. The third-order valence-electron chi connectivity index (χ3n) is 3.72. The number of rotatable bonds is 4. The lowest BCUT2D eigenvalue weighted by Gasteiger charge is -2.07. The van der Waals surface area contributed by atoms with Crippen molar-refractivity contribution in [3.8, 4) is 17.5 Å². The number of nitriles is 1. The van der Waals surface area contributed by atoms with Crippen LogP contribution in [0.4, 0.5) is 0 Å². The summed E-state index contributed by atoms with van der Waals surface area (Å²) in [5.74, 6) is -0.447. The molecule has 6 nitrogen and oxygen atoms in total. The van der Waals surface area contributed by atoms with Crippen molar-refractivity contribution in [2.24, 2.45) is 7.05 Å². The number of nitrogens with zero attached hydrogens (tertiary/aromatic N) is 4. The minimum atomic E-state index is -1.00. The summed E-state index contributed by atoms with van der Waals surface area (Å²) in [5, 5.41) is 10.0. The Kier molecular flexibility index (Phi) is 4.19. The van der Waals surface area contributed by atoms with Gasteiger partial charge in [-0.05, 0) is 19.1 Å². The fourth-order valence-corrected chi connectivity index (χ4v) is 2.69. The van der Waals surface area contributed by atoms with Gasteiger partial charge >= 0.3 is 0 Å². The maximum absolute atomic E-state index is 12.8. The first kappa shape index (κ1) is 16.0. The van der Waals surface area contributed by atoms with Crippen molar-refractivity contribution in [2.45, 2.75) is 12.8 Å². The van der Waals surface area contributed by atoms with Crippen LogP contribution >= 0.6 is 11.6 Å². The summed E-state index contributed by atoms with van der Waals surface area (Å²) in [4.78, 5) is 24.3. The summed E-state index contributed by atoms with van der Waals surface area (Å²) in [5.41, 5.74) is 1.61. The van der Waals surface area contributed by atoms with Gasteiger partial charge in [-0.1, -0.05) is 23.7 Å². The molecule has 0 bridgehead atoms. The summed E-state index contributed by atoms with van der Waals surface area (Å²) >= 11 is 6.00. The molecular weight excluding hydrogens is 326 g/mol. The molecule has 7 heteroatoms. The van der Waals surface area contributed by atoms with Crippen molar-refractivity contribution in [3.05, 3.63) is 58.9 Å². The number of aromatic amines is 1. The molecule has 0 spiro atoms. The number of carbonyl (C=O) groups excluding carboxylic acids is 1. The van der Waals surface area contributed by atoms with Gasteiger partial charge < -0.3 is 9.55 Å². The van der Waals surface area contributed by atoms with Gasteiger partial charge in [0.25, 0.3) is 0 Å². The lowest BCUT2D eigenvalue weighted by molar-refractivity contribution is 0.0970. The van der Waals surface area contributed by atoms with Crippen molar-refractivity contribution in [3.63, 3.8) is 0 Å². The van der Waals surface area contributed by atoms with E-state index in [4.69, 9.17) is 11.6 Å². The van der Waals surface area contributed by atoms with Crippen LogP contribution in [0.15, 0.2) is 36.7 Å². The predicted octanol–water partition coefficient (Wildman–Crippen LogP) is 3.26. The number of benzene rings is 1. The Morgan fingerprint density at radius 1 is 1.46 bits per heavy atom. The highest BCUT2D eigenvalue weighted by Gasteiger charge is 2.29. The van der Waals surface area contributed by atoms with Gasteiger partial charge in [0.2, 0.25) is 5.78 Å². The Hall–Kier alpha value is -2.91. The Balaban J connectivity index is 1.99. The maximum atomic E-state index is 12.8. The molecule has 0 aliphatic heterocycles. The Labute approximate surface area is 143 Å². The van der Waals surface area contributed by atoms with Crippen molar-refractivity contribution in [1.82, 2.24) is 19.5 Å². The highest BCUT2D eigenvalue weighted by atomic mass is 35.5. The van der Waals surface area contributed by atoms with E-state index in [2.05, 4.69) is 15.0 Å². The van der Waals surface area contributed by atoms with Gasteiger partial charge in [-0.15, -0.1) is 0 Å². The van der Waals surface area contributed by atoms with Crippen LogP contribution in [0.5, 0.6) is 0 Å². The SMILES string of the molecule is Cc1[nH]c(-c2cccc(Cl)c2)nc1C(=O)C(C#N)c1nccn1C. The fraction of sp³-hybridized carbons (Fsp3) is 0.176. The highest BCUT2D eigenvalue weighted by molar-refractivity contribution is 6.30. The normalized spacial score (nSPS) is 11.9.